The van der Waals surface area contributed by atoms with Crippen molar-refractivity contribution in [2.24, 2.45) is 7.05 Å². The maximum atomic E-state index is 10.9. The number of hydrogen-bond acceptors (Lipinski definition) is 3. The summed E-state index contributed by atoms with van der Waals surface area (Å²) in [6.07, 6.45) is 3.61. The summed E-state index contributed by atoms with van der Waals surface area (Å²) in [6.45, 7) is 0.586. The normalized spacial score (nSPS) is 10.3. The summed E-state index contributed by atoms with van der Waals surface area (Å²) in [6, 6.07) is 5.04. The molecule has 0 unspecified atom stereocenters. The highest BCUT2D eigenvalue weighted by Gasteiger charge is 2.08. The zero-order chi connectivity index (χ0) is 13.1. The molecule has 1 heterocycles. The fourth-order valence-electron chi connectivity index (χ4n) is 1.55. The van der Waals surface area contributed by atoms with Crippen molar-refractivity contribution in [1.29, 1.82) is 0 Å². The number of rotatable bonds is 4. The molecule has 0 radical (unpaired) electrons. The van der Waals surface area contributed by atoms with E-state index in [2.05, 4.69) is 26.2 Å². The minimum atomic E-state index is -0.947. The Morgan fingerprint density at radius 1 is 1.56 bits per heavy atom. The second kappa shape index (κ2) is 5.22. The Morgan fingerprint density at radius 3 is 2.89 bits per heavy atom. The summed E-state index contributed by atoms with van der Waals surface area (Å²) in [5, 5.41) is 12.1. The van der Waals surface area contributed by atoms with Crippen LogP contribution in [-0.4, -0.2) is 20.6 Å². The number of aryl methyl sites for hydroxylation is 1. The van der Waals surface area contributed by atoms with Gasteiger partial charge in [0.15, 0.2) is 0 Å². The molecule has 94 valence electrons. The second-order valence-electron chi connectivity index (χ2n) is 3.81. The van der Waals surface area contributed by atoms with Crippen LogP contribution >= 0.6 is 15.9 Å². The molecule has 2 rings (SSSR count). The Morgan fingerprint density at radius 2 is 2.33 bits per heavy atom. The monoisotopic (exact) mass is 309 g/mol. The van der Waals surface area contributed by atoms with E-state index in [9.17, 15) is 4.79 Å². The molecule has 0 saturated heterocycles. The zero-order valence-electron chi connectivity index (χ0n) is 9.72. The van der Waals surface area contributed by atoms with Crippen LogP contribution < -0.4 is 5.32 Å². The molecule has 5 nitrogen and oxygen atoms in total. The molecule has 0 spiro atoms. The third-order valence-corrected chi connectivity index (χ3v) is 3.23. The van der Waals surface area contributed by atoms with E-state index >= 15 is 0 Å². The summed E-state index contributed by atoms with van der Waals surface area (Å²) in [4.78, 5) is 15.1. The van der Waals surface area contributed by atoms with E-state index in [0.717, 1.165) is 11.5 Å². The fourth-order valence-corrected chi connectivity index (χ4v) is 2.09. The lowest BCUT2D eigenvalue weighted by Crippen LogP contribution is -2.06. The molecular weight excluding hydrogens is 298 g/mol. The standard InChI is InChI=1S/C12H12BrN3O2/c1-16-5-4-14-11(16)7-15-8-2-3-9(12(17)18)10(13)6-8/h2-6,15H,7H2,1H3,(H,17,18). The number of carboxylic acids is 1. The minimum Gasteiger partial charge on any atom is -0.478 e. The second-order valence-corrected chi connectivity index (χ2v) is 4.66. The van der Waals surface area contributed by atoms with Gasteiger partial charge in [-0.1, -0.05) is 0 Å². The van der Waals surface area contributed by atoms with Crippen molar-refractivity contribution in [2.45, 2.75) is 6.54 Å². The molecule has 0 aliphatic heterocycles. The maximum Gasteiger partial charge on any atom is 0.336 e. The first-order valence-corrected chi connectivity index (χ1v) is 6.10. The van der Waals surface area contributed by atoms with E-state index in [0.29, 0.717) is 11.0 Å². The molecule has 0 fully saturated rings. The Kier molecular flexibility index (Phi) is 3.66. The average Bonchev–Trinajstić information content (AvgIpc) is 2.72. The first kappa shape index (κ1) is 12.6. The van der Waals surface area contributed by atoms with Gasteiger partial charge in [-0.25, -0.2) is 9.78 Å². The highest BCUT2D eigenvalue weighted by Crippen LogP contribution is 2.21. The number of nitrogens with one attached hydrogen (secondary N) is 1. The number of benzene rings is 1. The maximum absolute atomic E-state index is 10.9. The van der Waals surface area contributed by atoms with Crippen molar-refractivity contribution in [3.8, 4) is 0 Å². The number of halogens is 1. The van der Waals surface area contributed by atoms with Gasteiger partial charge in [0.05, 0.1) is 12.1 Å². The molecule has 18 heavy (non-hydrogen) atoms. The largest absolute Gasteiger partial charge is 0.478 e. The quantitative estimate of drug-likeness (QED) is 0.910. The highest BCUT2D eigenvalue weighted by atomic mass is 79.9. The van der Waals surface area contributed by atoms with Gasteiger partial charge in [0.1, 0.15) is 5.82 Å². The van der Waals surface area contributed by atoms with E-state index in [1.54, 1.807) is 24.4 Å². The van der Waals surface area contributed by atoms with Crippen LogP contribution in [0, 0.1) is 0 Å². The topological polar surface area (TPSA) is 67.2 Å². The smallest absolute Gasteiger partial charge is 0.336 e. The summed E-state index contributed by atoms with van der Waals surface area (Å²) in [5.41, 5.74) is 1.09. The molecule has 0 atom stereocenters. The van der Waals surface area contributed by atoms with Crippen LogP contribution in [0.3, 0.4) is 0 Å². The number of aromatic nitrogens is 2. The van der Waals surface area contributed by atoms with Crippen molar-refractivity contribution >= 4 is 27.6 Å². The number of imidazole rings is 1. The summed E-state index contributed by atoms with van der Waals surface area (Å²) in [7, 11) is 1.92. The number of anilines is 1. The first-order valence-electron chi connectivity index (χ1n) is 5.31. The van der Waals surface area contributed by atoms with Crippen molar-refractivity contribution < 1.29 is 9.90 Å². The van der Waals surface area contributed by atoms with Crippen LogP contribution in [0.5, 0.6) is 0 Å². The van der Waals surface area contributed by atoms with Crippen molar-refractivity contribution in [3.63, 3.8) is 0 Å². The third-order valence-electron chi connectivity index (χ3n) is 2.57. The van der Waals surface area contributed by atoms with Crippen molar-refractivity contribution in [1.82, 2.24) is 9.55 Å². The van der Waals surface area contributed by atoms with Gasteiger partial charge < -0.3 is 15.0 Å². The van der Waals surface area contributed by atoms with Gasteiger partial charge >= 0.3 is 5.97 Å². The predicted molar refractivity (Wildman–Crippen MR) is 71.6 cm³/mol. The Bertz CT molecular complexity index is 580. The van der Waals surface area contributed by atoms with E-state index < -0.39 is 5.97 Å². The number of carboxylic acid groups (broad SMARTS) is 1. The van der Waals surface area contributed by atoms with Crippen LogP contribution in [0.4, 0.5) is 5.69 Å². The number of nitrogens with zero attached hydrogens (tertiary/aromatic N) is 2. The van der Waals surface area contributed by atoms with E-state index in [1.165, 1.54) is 0 Å². The summed E-state index contributed by atoms with van der Waals surface area (Å²) in [5.74, 6) is -0.0361. The van der Waals surface area contributed by atoms with Crippen LogP contribution in [0.15, 0.2) is 35.1 Å². The molecule has 0 aliphatic carbocycles. The minimum absolute atomic E-state index is 0.248. The van der Waals surface area contributed by atoms with E-state index in [1.807, 2.05) is 17.8 Å². The lowest BCUT2D eigenvalue weighted by molar-refractivity contribution is 0.0696. The van der Waals surface area contributed by atoms with Gasteiger partial charge in [-0.15, -0.1) is 0 Å². The van der Waals surface area contributed by atoms with Crippen LogP contribution in [0.1, 0.15) is 16.2 Å². The average molecular weight is 310 g/mol. The van der Waals surface area contributed by atoms with Crippen molar-refractivity contribution in [3.05, 3.63) is 46.5 Å². The summed E-state index contributed by atoms with van der Waals surface area (Å²) < 4.78 is 2.48. The van der Waals surface area contributed by atoms with Crippen molar-refractivity contribution in [2.75, 3.05) is 5.32 Å². The predicted octanol–water partition coefficient (Wildman–Crippen LogP) is 2.49. The van der Waals surface area contributed by atoms with Gasteiger partial charge in [-0.05, 0) is 34.1 Å². The van der Waals surface area contributed by atoms with Crippen LogP contribution in [0.2, 0.25) is 0 Å². The molecule has 0 bridgehead atoms. The lowest BCUT2D eigenvalue weighted by atomic mass is 10.2. The SMILES string of the molecule is Cn1ccnc1CNc1ccc(C(=O)O)c(Br)c1. The fraction of sp³-hybridized carbons (Fsp3) is 0.167. The Balaban J connectivity index is 2.09. The molecule has 0 aliphatic rings. The van der Waals surface area contributed by atoms with Crippen LogP contribution in [-0.2, 0) is 13.6 Å². The highest BCUT2D eigenvalue weighted by molar-refractivity contribution is 9.10. The number of carbonyl (C=O) groups is 1. The lowest BCUT2D eigenvalue weighted by Gasteiger charge is -2.08. The number of hydrogen-bond donors (Lipinski definition) is 2. The number of aromatic carboxylic acids is 1. The van der Waals surface area contributed by atoms with Crippen LogP contribution in [0.25, 0.3) is 0 Å². The molecular formula is C12H12BrN3O2. The molecule has 2 N–H and O–H groups in total. The van der Waals surface area contributed by atoms with E-state index in [4.69, 9.17) is 5.11 Å². The Hall–Kier alpha value is -1.82. The molecule has 6 heteroatoms. The molecule has 1 aromatic heterocycles. The zero-order valence-corrected chi connectivity index (χ0v) is 11.3. The molecule has 0 saturated carbocycles. The molecule has 0 amide bonds. The molecule has 1 aromatic carbocycles. The van der Waals surface area contributed by atoms with Gasteiger partial charge in [-0.2, -0.15) is 0 Å². The van der Waals surface area contributed by atoms with Gasteiger partial charge in [-0.3, -0.25) is 0 Å². The third kappa shape index (κ3) is 2.70. The first-order chi connectivity index (χ1) is 8.58. The Labute approximate surface area is 113 Å². The molecule has 2 aromatic rings. The van der Waals surface area contributed by atoms with Gasteiger partial charge in [0.2, 0.25) is 0 Å². The van der Waals surface area contributed by atoms with Gasteiger partial charge in [0, 0.05) is 29.6 Å². The summed E-state index contributed by atoms with van der Waals surface area (Å²) >= 11 is 3.24. The van der Waals surface area contributed by atoms with E-state index in [-0.39, 0.29) is 5.56 Å². The van der Waals surface area contributed by atoms with Gasteiger partial charge in [0.25, 0.3) is 0 Å².